The smallest absolute Gasteiger partial charge is 0.0717 e. The minimum absolute atomic E-state index is 0.685. The highest BCUT2D eigenvalue weighted by Gasteiger charge is 2.25. The van der Waals surface area contributed by atoms with Crippen molar-refractivity contribution in [3.63, 3.8) is 0 Å². The van der Waals surface area contributed by atoms with Crippen molar-refractivity contribution >= 4 is 0 Å². The fraction of sp³-hybridized carbons (Fsp3) is 0.625. The molecule has 1 aliphatic carbocycles. The fourth-order valence-electron chi connectivity index (χ4n) is 2.84. The standard InChI is InChI=1S/C16H25NO/c1-2-13-6-8-14(9-7-13)11-18-12-16-5-3-4-15(16)10-17/h6-9,15-16H,2-5,10-12,17H2,1H3. The van der Waals surface area contributed by atoms with Crippen LogP contribution in [0, 0.1) is 11.8 Å². The SMILES string of the molecule is CCc1ccc(COCC2CCCC2CN)cc1. The lowest BCUT2D eigenvalue weighted by Crippen LogP contribution is -2.22. The van der Waals surface area contributed by atoms with Gasteiger partial charge in [0.15, 0.2) is 0 Å². The molecule has 1 aliphatic rings. The van der Waals surface area contributed by atoms with Crippen LogP contribution in [0.25, 0.3) is 0 Å². The van der Waals surface area contributed by atoms with E-state index in [1.807, 2.05) is 0 Å². The highest BCUT2D eigenvalue weighted by molar-refractivity contribution is 5.21. The van der Waals surface area contributed by atoms with E-state index in [4.69, 9.17) is 10.5 Å². The first-order valence-corrected chi connectivity index (χ1v) is 7.19. The first-order valence-electron chi connectivity index (χ1n) is 7.19. The quantitative estimate of drug-likeness (QED) is 0.838. The third kappa shape index (κ3) is 3.56. The van der Waals surface area contributed by atoms with Crippen molar-refractivity contribution in [2.45, 2.75) is 39.2 Å². The van der Waals surface area contributed by atoms with Crippen LogP contribution in [0.3, 0.4) is 0 Å². The second-order valence-electron chi connectivity index (χ2n) is 5.37. The molecule has 2 unspecified atom stereocenters. The van der Waals surface area contributed by atoms with E-state index >= 15 is 0 Å². The summed E-state index contributed by atoms with van der Waals surface area (Å²) in [5.41, 5.74) is 8.44. The predicted octanol–water partition coefficient (Wildman–Crippen LogP) is 3.14. The van der Waals surface area contributed by atoms with E-state index in [0.717, 1.165) is 26.2 Å². The van der Waals surface area contributed by atoms with Gasteiger partial charge in [-0.25, -0.2) is 0 Å². The van der Waals surface area contributed by atoms with Crippen molar-refractivity contribution in [1.29, 1.82) is 0 Å². The molecule has 0 aliphatic heterocycles. The molecule has 18 heavy (non-hydrogen) atoms. The Morgan fingerprint density at radius 1 is 1.11 bits per heavy atom. The van der Waals surface area contributed by atoms with E-state index in [1.54, 1.807) is 0 Å². The predicted molar refractivity (Wildman–Crippen MR) is 75.4 cm³/mol. The normalized spacial score (nSPS) is 23.4. The van der Waals surface area contributed by atoms with Crippen molar-refractivity contribution in [3.8, 4) is 0 Å². The molecular formula is C16H25NO. The molecular weight excluding hydrogens is 222 g/mol. The van der Waals surface area contributed by atoms with Crippen LogP contribution in [0.15, 0.2) is 24.3 Å². The molecule has 0 radical (unpaired) electrons. The lowest BCUT2D eigenvalue weighted by atomic mass is 9.97. The number of hydrogen-bond donors (Lipinski definition) is 1. The summed E-state index contributed by atoms with van der Waals surface area (Å²) in [7, 11) is 0. The second kappa shape index (κ2) is 6.91. The molecule has 1 aromatic carbocycles. The highest BCUT2D eigenvalue weighted by atomic mass is 16.5. The van der Waals surface area contributed by atoms with Gasteiger partial charge < -0.3 is 10.5 Å². The molecule has 0 aromatic heterocycles. The molecule has 0 amide bonds. The van der Waals surface area contributed by atoms with Crippen molar-refractivity contribution in [2.75, 3.05) is 13.2 Å². The average Bonchev–Trinajstić information content (AvgIpc) is 2.87. The molecule has 1 fully saturated rings. The van der Waals surface area contributed by atoms with Gasteiger partial charge in [0.2, 0.25) is 0 Å². The van der Waals surface area contributed by atoms with E-state index in [-0.39, 0.29) is 0 Å². The summed E-state index contributed by atoms with van der Waals surface area (Å²) >= 11 is 0. The van der Waals surface area contributed by atoms with Gasteiger partial charge >= 0.3 is 0 Å². The number of ether oxygens (including phenoxy) is 1. The highest BCUT2D eigenvalue weighted by Crippen LogP contribution is 2.31. The third-order valence-corrected chi connectivity index (χ3v) is 4.15. The molecule has 1 saturated carbocycles. The van der Waals surface area contributed by atoms with Crippen molar-refractivity contribution in [1.82, 2.24) is 0 Å². The van der Waals surface area contributed by atoms with Crippen LogP contribution in [-0.4, -0.2) is 13.2 Å². The van der Waals surface area contributed by atoms with Crippen molar-refractivity contribution in [3.05, 3.63) is 35.4 Å². The van der Waals surface area contributed by atoms with Crippen molar-refractivity contribution in [2.24, 2.45) is 17.6 Å². The Hall–Kier alpha value is -0.860. The summed E-state index contributed by atoms with van der Waals surface area (Å²) in [6.45, 7) is 4.60. The van der Waals surface area contributed by atoms with Gasteiger partial charge in [0.05, 0.1) is 13.2 Å². The van der Waals surface area contributed by atoms with Gasteiger partial charge in [-0.05, 0) is 48.8 Å². The minimum Gasteiger partial charge on any atom is -0.376 e. The molecule has 0 saturated heterocycles. The number of rotatable bonds is 6. The monoisotopic (exact) mass is 247 g/mol. The molecule has 2 atom stereocenters. The lowest BCUT2D eigenvalue weighted by molar-refractivity contribution is 0.0753. The van der Waals surface area contributed by atoms with Crippen LogP contribution < -0.4 is 5.73 Å². The lowest BCUT2D eigenvalue weighted by Gasteiger charge is -2.17. The Balaban J connectivity index is 1.74. The molecule has 1 aromatic rings. The summed E-state index contributed by atoms with van der Waals surface area (Å²) in [5.74, 6) is 1.37. The number of hydrogen-bond acceptors (Lipinski definition) is 2. The van der Waals surface area contributed by atoms with Crippen LogP contribution >= 0.6 is 0 Å². The molecule has 100 valence electrons. The van der Waals surface area contributed by atoms with Gasteiger partial charge in [-0.15, -0.1) is 0 Å². The maximum Gasteiger partial charge on any atom is 0.0717 e. The minimum atomic E-state index is 0.685. The second-order valence-corrected chi connectivity index (χ2v) is 5.37. The van der Waals surface area contributed by atoms with Gasteiger partial charge in [-0.3, -0.25) is 0 Å². The summed E-state index contributed by atoms with van der Waals surface area (Å²) in [6, 6.07) is 8.73. The maximum atomic E-state index is 5.85. The van der Waals surface area contributed by atoms with E-state index in [2.05, 4.69) is 31.2 Å². The van der Waals surface area contributed by atoms with Crippen LogP contribution in [-0.2, 0) is 17.8 Å². The third-order valence-electron chi connectivity index (χ3n) is 4.15. The van der Waals surface area contributed by atoms with Crippen LogP contribution in [0.2, 0.25) is 0 Å². The maximum absolute atomic E-state index is 5.85. The fourth-order valence-corrected chi connectivity index (χ4v) is 2.84. The zero-order chi connectivity index (χ0) is 12.8. The summed E-state index contributed by atoms with van der Waals surface area (Å²) < 4.78 is 5.85. The van der Waals surface area contributed by atoms with Gasteiger partial charge in [0, 0.05) is 0 Å². The Kier molecular flexibility index (Phi) is 5.21. The van der Waals surface area contributed by atoms with E-state index in [1.165, 1.54) is 30.4 Å². The van der Waals surface area contributed by atoms with Gasteiger partial charge in [-0.2, -0.15) is 0 Å². The van der Waals surface area contributed by atoms with Gasteiger partial charge in [0.1, 0.15) is 0 Å². The molecule has 0 bridgehead atoms. The van der Waals surface area contributed by atoms with Crippen LogP contribution in [0.5, 0.6) is 0 Å². The number of benzene rings is 1. The average molecular weight is 247 g/mol. The first kappa shape index (κ1) is 13.6. The van der Waals surface area contributed by atoms with Crippen LogP contribution in [0.1, 0.15) is 37.3 Å². The summed E-state index contributed by atoms with van der Waals surface area (Å²) in [5, 5.41) is 0. The topological polar surface area (TPSA) is 35.2 Å². The molecule has 2 N–H and O–H groups in total. The first-order chi connectivity index (χ1) is 8.83. The molecule has 2 heteroatoms. The largest absolute Gasteiger partial charge is 0.376 e. The van der Waals surface area contributed by atoms with E-state index in [0.29, 0.717) is 11.8 Å². The molecule has 0 heterocycles. The summed E-state index contributed by atoms with van der Waals surface area (Å²) in [4.78, 5) is 0. The number of aryl methyl sites for hydroxylation is 1. The zero-order valence-corrected chi connectivity index (χ0v) is 11.4. The van der Waals surface area contributed by atoms with E-state index in [9.17, 15) is 0 Å². The van der Waals surface area contributed by atoms with E-state index < -0.39 is 0 Å². The van der Waals surface area contributed by atoms with Gasteiger partial charge in [-0.1, -0.05) is 37.6 Å². The number of nitrogens with two attached hydrogens (primary N) is 1. The molecule has 0 spiro atoms. The Bertz CT molecular complexity index is 347. The van der Waals surface area contributed by atoms with Crippen LogP contribution in [0.4, 0.5) is 0 Å². The van der Waals surface area contributed by atoms with Gasteiger partial charge in [0.25, 0.3) is 0 Å². The Morgan fingerprint density at radius 2 is 1.78 bits per heavy atom. The Morgan fingerprint density at radius 3 is 2.44 bits per heavy atom. The van der Waals surface area contributed by atoms with Crippen molar-refractivity contribution < 1.29 is 4.74 Å². The molecule has 2 nitrogen and oxygen atoms in total. The zero-order valence-electron chi connectivity index (χ0n) is 11.4. The molecule has 2 rings (SSSR count). The Labute approximate surface area is 111 Å². The summed E-state index contributed by atoms with van der Waals surface area (Å²) in [6.07, 6.45) is 4.99.